The number of hydrogen-bond donors (Lipinski definition) is 1. The van der Waals surface area contributed by atoms with Crippen LogP contribution in [0.15, 0.2) is 24.3 Å². The molecular formula is C21H35BN2O3. The molecule has 0 amide bonds. The lowest BCUT2D eigenvalue weighted by molar-refractivity contribution is 0.00578. The third-order valence-corrected chi connectivity index (χ3v) is 5.99. The van der Waals surface area contributed by atoms with Gasteiger partial charge in [0.2, 0.25) is 0 Å². The van der Waals surface area contributed by atoms with E-state index < -0.39 is 5.60 Å². The van der Waals surface area contributed by atoms with Gasteiger partial charge in [-0.3, -0.25) is 9.80 Å². The van der Waals surface area contributed by atoms with Crippen LogP contribution in [-0.2, 0) is 15.9 Å². The van der Waals surface area contributed by atoms with Crippen molar-refractivity contribution in [2.45, 2.75) is 64.9 Å². The lowest BCUT2D eigenvalue weighted by atomic mass is 9.79. The number of nitrogens with zero attached hydrogens (tertiary/aromatic N) is 2. The Labute approximate surface area is 164 Å². The Morgan fingerprint density at radius 3 is 1.89 bits per heavy atom. The van der Waals surface area contributed by atoms with Crippen molar-refractivity contribution in [3.05, 3.63) is 29.8 Å². The van der Waals surface area contributed by atoms with Gasteiger partial charge in [-0.1, -0.05) is 24.3 Å². The summed E-state index contributed by atoms with van der Waals surface area (Å²) in [5, 5.41) is 9.98. The van der Waals surface area contributed by atoms with Gasteiger partial charge in [0.05, 0.1) is 16.8 Å². The zero-order valence-electron chi connectivity index (χ0n) is 17.8. The Hall–Kier alpha value is -0.915. The Bertz CT molecular complexity index is 616. The third kappa shape index (κ3) is 5.12. The highest BCUT2D eigenvalue weighted by molar-refractivity contribution is 6.62. The Morgan fingerprint density at radius 1 is 0.926 bits per heavy atom. The van der Waals surface area contributed by atoms with Crippen molar-refractivity contribution in [3.63, 3.8) is 0 Å². The summed E-state index contributed by atoms with van der Waals surface area (Å²) in [5.74, 6) is 0. The van der Waals surface area contributed by atoms with Gasteiger partial charge in [0.1, 0.15) is 0 Å². The molecule has 2 fully saturated rings. The van der Waals surface area contributed by atoms with Crippen LogP contribution in [0.3, 0.4) is 0 Å². The Balaban J connectivity index is 1.52. The number of benzene rings is 1. The van der Waals surface area contributed by atoms with Gasteiger partial charge in [0, 0.05) is 39.3 Å². The SMILES string of the molecule is CC(C)(O)CN1CCN(Cc2ccc(B3OC(C)(C)C(C)(C)O3)cc2)CC1. The summed E-state index contributed by atoms with van der Waals surface area (Å²) in [5.41, 5.74) is 1.16. The second-order valence-electron chi connectivity index (χ2n) is 9.69. The molecule has 2 aliphatic rings. The van der Waals surface area contributed by atoms with Gasteiger partial charge >= 0.3 is 7.12 Å². The standard InChI is InChI=1S/C21H35BN2O3/c1-19(2,25)16-24-13-11-23(12-14-24)15-17-7-9-18(10-8-17)22-26-20(3,4)21(5,6)27-22/h7-10,25H,11-16H2,1-6H3. The van der Waals surface area contributed by atoms with Gasteiger partial charge in [-0.25, -0.2) is 0 Å². The van der Waals surface area contributed by atoms with Crippen molar-refractivity contribution < 1.29 is 14.4 Å². The molecule has 6 heteroatoms. The summed E-state index contributed by atoms with van der Waals surface area (Å²) in [6.07, 6.45) is 0. The van der Waals surface area contributed by atoms with Gasteiger partial charge in [-0.15, -0.1) is 0 Å². The van der Waals surface area contributed by atoms with Gasteiger partial charge < -0.3 is 14.4 Å². The molecule has 0 atom stereocenters. The zero-order chi connectivity index (χ0) is 19.9. The summed E-state index contributed by atoms with van der Waals surface area (Å²) < 4.78 is 12.3. The summed E-state index contributed by atoms with van der Waals surface area (Å²) >= 11 is 0. The fourth-order valence-electron chi connectivity index (χ4n) is 3.67. The molecular weight excluding hydrogens is 339 g/mol. The van der Waals surface area contributed by atoms with Crippen molar-refractivity contribution in [1.29, 1.82) is 0 Å². The first-order valence-electron chi connectivity index (χ1n) is 10.1. The molecule has 0 aromatic heterocycles. The van der Waals surface area contributed by atoms with Gasteiger partial charge in [-0.05, 0) is 52.6 Å². The normalized spacial score (nSPS) is 23.7. The van der Waals surface area contributed by atoms with Crippen LogP contribution in [0.2, 0.25) is 0 Å². The van der Waals surface area contributed by atoms with Gasteiger partial charge in [0.25, 0.3) is 0 Å². The number of hydrogen-bond acceptors (Lipinski definition) is 5. The minimum absolute atomic E-state index is 0.297. The van der Waals surface area contributed by atoms with Gasteiger partial charge in [-0.2, -0.15) is 0 Å². The summed E-state index contributed by atoms with van der Waals surface area (Å²) in [7, 11) is -0.297. The second-order valence-corrected chi connectivity index (χ2v) is 9.69. The Kier molecular flexibility index (Phi) is 5.77. The number of piperazine rings is 1. The molecule has 3 rings (SSSR count). The van der Waals surface area contributed by atoms with Crippen LogP contribution in [0, 0.1) is 0 Å². The van der Waals surface area contributed by atoms with E-state index in [4.69, 9.17) is 9.31 Å². The van der Waals surface area contributed by atoms with E-state index in [0.717, 1.165) is 44.7 Å². The highest BCUT2D eigenvalue weighted by atomic mass is 16.7. The first-order valence-corrected chi connectivity index (χ1v) is 10.1. The first-order chi connectivity index (χ1) is 12.5. The molecule has 1 N–H and O–H groups in total. The molecule has 1 aromatic rings. The maximum Gasteiger partial charge on any atom is 0.494 e. The van der Waals surface area contributed by atoms with Crippen molar-refractivity contribution in [3.8, 4) is 0 Å². The van der Waals surface area contributed by atoms with Crippen LogP contribution in [0.1, 0.15) is 47.1 Å². The lowest BCUT2D eigenvalue weighted by Crippen LogP contribution is -2.50. The summed E-state index contributed by atoms with van der Waals surface area (Å²) in [6, 6.07) is 8.62. The van der Waals surface area contributed by atoms with Crippen molar-refractivity contribution in [2.24, 2.45) is 0 Å². The van der Waals surface area contributed by atoms with E-state index in [-0.39, 0.29) is 18.3 Å². The van der Waals surface area contributed by atoms with Crippen molar-refractivity contribution >= 4 is 12.6 Å². The Morgan fingerprint density at radius 2 is 1.41 bits per heavy atom. The largest absolute Gasteiger partial charge is 0.494 e. The minimum Gasteiger partial charge on any atom is -0.399 e. The molecule has 0 bridgehead atoms. The zero-order valence-corrected chi connectivity index (χ0v) is 17.8. The summed E-state index contributed by atoms with van der Waals surface area (Å²) in [6.45, 7) is 17.9. The van der Waals surface area contributed by atoms with Crippen LogP contribution < -0.4 is 5.46 Å². The predicted molar refractivity (Wildman–Crippen MR) is 110 cm³/mol. The quantitative estimate of drug-likeness (QED) is 0.798. The highest BCUT2D eigenvalue weighted by Crippen LogP contribution is 2.36. The van der Waals surface area contributed by atoms with Crippen molar-refractivity contribution in [1.82, 2.24) is 9.80 Å². The first kappa shape index (κ1) is 20.8. The fraction of sp³-hybridized carbons (Fsp3) is 0.714. The molecule has 5 nitrogen and oxygen atoms in total. The van der Waals surface area contributed by atoms with E-state index in [0.29, 0.717) is 0 Å². The topological polar surface area (TPSA) is 45.2 Å². The second kappa shape index (κ2) is 7.49. The molecule has 1 aromatic carbocycles. The number of aliphatic hydroxyl groups is 1. The van der Waals surface area contributed by atoms with E-state index in [2.05, 4.69) is 61.8 Å². The fourth-order valence-corrected chi connectivity index (χ4v) is 3.67. The minimum atomic E-state index is -0.620. The molecule has 2 aliphatic heterocycles. The van der Waals surface area contributed by atoms with E-state index in [1.165, 1.54) is 5.56 Å². The average molecular weight is 374 g/mol. The molecule has 0 radical (unpaired) electrons. The maximum atomic E-state index is 9.98. The van der Waals surface area contributed by atoms with Crippen LogP contribution >= 0.6 is 0 Å². The molecule has 0 aliphatic carbocycles. The molecule has 2 saturated heterocycles. The lowest BCUT2D eigenvalue weighted by Gasteiger charge is -2.37. The molecule has 0 unspecified atom stereocenters. The maximum absolute atomic E-state index is 9.98. The molecule has 0 saturated carbocycles. The molecule has 27 heavy (non-hydrogen) atoms. The average Bonchev–Trinajstić information content (AvgIpc) is 2.77. The monoisotopic (exact) mass is 374 g/mol. The molecule has 150 valence electrons. The number of β-amino-alcohol motifs (C(OH)–C–C–N with tert-alkyl or cyclic N) is 1. The molecule has 0 spiro atoms. The van der Waals surface area contributed by atoms with Gasteiger partial charge in [0.15, 0.2) is 0 Å². The highest BCUT2D eigenvalue weighted by Gasteiger charge is 2.51. The van der Waals surface area contributed by atoms with Crippen LogP contribution in [0.5, 0.6) is 0 Å². The predicted octanol–water partition coefficient (Wildman–Crippen LogP) is 1.87. The number of rotatable bonds is 5. The van der Waals surface area contributed by atoms with Crippen LogP contribution in [0.25, 0.3) is 0 Å². The van der Waals surface area contributed by atoms with E-state index in [1.807, 2.05) is 13.8 Å². The third-order valence-electron chi connectivity index (χ3n) is 5.99. The van der Waals surface area contributed by atoms with E-state index in [1.54, 1.807) is 0 Å². The van der Waals surface area contributed by atoms with Crippen molar-refractivity contribution in [2.75, 3.05) is 32.7 Å². The van der Waals surface area contributed by atoms with E-state index in [9.17, 15) is 5.11 Å². The molecule has 2 heterocycles. The smallest absolute Gasteiger partial charge is 0.399 e. The van der Waals surface area contributed by atoms with Crippen LogP contribution in [-0.4, -0.2) is 71.6 Å². The summed E-state index contributed by atoms with van der Waals surface area (Å²) in [4.78, 5) is 4.82. The van der Waals surface area contributed by atoms with E-state index >= 15 is 0 Å². The van der Waals surface area contributed by atoms with Crippen LogP contribution in [0.4, 0.5) is 0 Å².